The third-order valence-corrected chi connectivity index (χ3v) is 1.82. The minimum Gasteiger partial charge on any atom is -0.392 e. The van der Waals surface area contributed by atoms with E-state index in [4.69, 9.17) is 9.84 Å². The van der Waals surface area contributed by atoms with E-state index in [-0.39, 0.29) is 6.61 Å². The number of rotatable bonds is 4. The molecule has 0 bridgehead atoms. The highest BCUT2D eigenvalue weighted by Crippen LogP contribution is 2.15. The Bertz CT molecular complexity index is 151. The van der Waals surface area contributed by atoms with E-state index in [2.05, 4.69) is 5.32 Å². The Morgan fingerprint density at radius 3 is 3.17 bits per heavy atom. The van der Waals surface area contributed by atoms with E-state index in [1.807, 2.05) is 13.0 Å². The highest BCUT2D eigenvalue weighted by molar-refractivity contribution is 5.00. The van der Waals surface area contributed by atoms with Gasteiger partial charge in [0.25, 0.3) is 0 Å². The number of aliphatic hydroxyl groups is 1. The third kappa shape index (κ3) is 3.34. The zero-order valence-electron chi connectivity index (χ0n) is 7.47. The molecule has 0 saturated carbocycles. The van der Waals surface area contributed by atoms with Gasteiger partial charge >= 0.3 is 0 Å². The first-order chi connectivity index (χ1) is 5.83. The van der Waals surface area contributed by atoms with Gasteiger partial charge in [0.1, 0.15) is 0 Å². The lowest BCUT2D eigenvalue weighted by Gasteiger charge is -2.07. The van der Waals surface area contributed by atoms with Gasteiger partial charge in [0.15, 0.2) is 6.23 Å². The highest BCUT2D eigenvalue weighted by atomic mass is 16.5. The fourth-order valence-electron chi connectivity index (χ4n) is 1.04. The number of nitrogens with one attached hydrogen (secondary N) is 1. The average molecular weight is 170 g/mol. The Morgan fingerprint density at radius 1 is 1.75 bits per heavy atom. The third-order valence-electron chi connectivity index (χ3n) is 1.82. The molecule has 0 atom stereocenters. The van der Waals surface area contributed by atoms with E-state index in [0.717, 1.165) is 37.8 Å². The van der Waals surface area contributed by atoms with Gasteiger partial charge in [0, 0.05) is 13.2 Å². The van der Waals surface area contributed by atoms with Crippen molar-refractivity contribution in [3.8, 4) is 0 Å². The predicted octanol–water partition coefficient (Wildman–Crippen LogP) is 0.814. The number of hydrogen-bond acceptors (Lipinski definition) is 3. The van der Waals surface area contributed by atoms with Gasteiger partial charge in [-0.3, -0.25) is 5.32 Å². The molecule has 0 aliphatic carbocycles. The molecule has 1 aliphatic heterocycles. The van der Waals surface area contributed by atoms with Gasteiger partial charge in [-0.15, -0.1) is 0 Å². The number of aliphatic hydroxyl groups excluding tert-OH is 1. The van der Waals surface area contributed by atoms with Crippen molar-refractivity contribution in [3.05, 3.63) is 17.9 Å². The smallest absolute Gasteiger partial charge is 0.162 e. The molecule has 2 N–H and O–H groups in total. The van der Waals surface area contributed by atoms with Crippen LogP contribution in [0, 0.1) is 6.23 Å². The topological polar surface area (TPSA) is 41.5 Å². The minimum absolute atomic E-state index is 0.137. The number of hydrogen-bond donors (Lipinski definition) is 2. The van der Waals surface area contributed by atoms with Crippen molar-refractivity contribution < 1.29 is 9.84 Å². The maximum atomic E-state index is 8.69. The van der Waals surface area contributed by atoms with Gasteiger partial charge in [0.2, 0.25) is 0 Å². The fraction of sp³-hybridized carbons (Fsp3) is 0.667. The Morgan fingerprint density at radius 2 is 2.58 bits per heavy atom. The fourth-order valence-corrected chi connectivity index (χ4v) is 1.04. The molecule has 0 unspecified atom stereocenters. The van der Waals surface area contributed by atoms with Crippen LogP contribution in [0.15, 0.2) is 11.6 Å². The molecular weight excluding hydrogens is 154 g/mol. The zero-order chi connectivity index (χ0) is 8.81. The molecule has 12 heavy (non-hydrogen) atoms. The van der Waals surface area contributed by atoms with Crippen molar-refractivity contribution in [2.45, 2.75) is 19.8 Å². The van der Waals surface area contributed by atoms with Crippen molar-refractivity contribution in [1.82, 2.24) is 5.32 Å². The van der Waals surface area contributed by atoms with Crippen LogP contribution in [0.2, 0.25) is 0 Å². The van der Waals surface area contributed by atoms with E-state index in [1.54, 1.807) is 0 Å². The lowest BCUT2D eigenvalue weighted by Crippen LogP contribution is -2.20. The molecule has 1 rings (SSSR count). The van der Waals surface area contributed by atoms with Crippen molar-refractivity contribution in [2.24, 2.45) is 0 Å². The maximum absolute atomic E-state index is 8.69. The summed E-state index contributed by atoms with van der Waals surface area (Å²) in [6.45, 7) is 3.63. The molecule has 1 heterocycles. The van der Waals surface area contributed by atoms with Crippen molar-refractivity contribution in [3.63, 3.8) is 0 Å². The van der Waals surface area contributed by atoms with Crippen LogP contribution < -0.4 is 5.32 Å². The lowest BCUT2D eigenvalue weighted by molar-refractivity contribution is 0.176. The van der Waals surface area contributed by atoms with Gasteiger partial charge in [-0.05, 0) is 19.8 Å². The van der Waals surface area contributed by atoms with E-state index in [0.29, 0.717) is 0 Å². The first-order valence-corrected chi connectivity index (χ1v) is 4.32. The Balaban J connectivity index is 2.08. The summed E-state index contributed by atoms with van der Waals surface area (Å²) in [5, 5.41) is 11.8. The summed E-state index contributed by atoms with van der Waals surface area (Å²) < 4.78 is 5.28. The molecule has 69 valence electrons. The van der Waals surface area contributed by atoms with Crippen LogP contribution in [-0.2, 0) is 4.74 Å². The summed E-state index contributed by atoms with van der Waals surface area (Å²) in [5.41, 5.74) is 0.987. The van der Waals surface area contributed by atoms with Crippen LogP contribution in [0.3, 0.4) is 0 Å². The second-order valence-corrected chi connectivity index (χ2v) is 2.96. The SMILES string of the molecule is C/C(=C/CN[C]1CCCO1)CO. The van der Waals surface area contributed by atoms with Crippen LogP contribution in [0.25, 0.3) is 0 Å². The standard InChI is InChI=1S/C9H16NO2/c1-8(7-11)4-5-10-9-3-2-6-12-9/h4,10-11H,2-3,5-7H2,1H3/b8-4-. The molecule has 0 aromatic rings. The normalized spacial score (nSPS) is 20.3. The van der Waals surface area contributed by atoms with Crippen LogP contribution in [0.4, 0.5) is 0 Å². The van der Waals surface area contributed by atoms with Crippen molar-refractivity contribution >= 4 is 0 Å². The lowest BCUT2D eigenvalue weighted by atomic mass is 10.3. The molecule has 3 heteroatoms. The summed E-state index contributed by atoms with van der Waals surface area (Å²) >= 11 is 0. The molecule has 1 radical (unpaired) electrons. The predicted molar refractivity (Wildman–Crippen MR) is 47.3 cm³/mol. The van der Waals surface area contributed by atoms with Gasteiger partial charge in [0.05, 0.1) is 6.61 Å². The monoisotopic (exact) mass is 170 g/mol. The van der Waals surface area contributed by atoms with Crippen LogP contribution in [0.1, 0.15) is 19.8 Å². The molecule has 1 aliphatic rings. The quantitative estimate of drug-likeness (QED) is 0.614. The van der Waals surface area contributed by atoms with E-state index < -0.39 is 0 Å². The van der Waals surface area contributed by atoms with Crippen molar-refractivity contribution in [1.29, 1.82) is 0 Å². The first-order valence-electron chi connectivity index (χ1n) is 4.32. The number of ether oxygens (including phenoxy) is 1. The van der Waals surface area contributed by atoms with Crippen molar-refractivity contribution in [2.75, 3.05) is 19.8 Å². The van der Waals surface area contributed by atoms with Gasteiger partial charge in [-0.2, -0.15) is 0 Å². The Kier molecular flexibility index (Phi) is 4.29. The van der Waals surface area contributed by atoms with Crippen LogP contribution >= 0.6 is 0 Å². The summed E-state index contributed by atoms with van der Waals surface area (Å²) in [6, 6.07) is 0. The molecule has 0 aromatic heterocycles. The van der Waals surface area contributed by atoms with Gasteiger partial charge < -0.3 is 9.84 Å². The minimum atomic E-state index is 0.137. The summed E-state index contributed by atoms with van der Waals surface area (Å²) in [5.74, 6) is 0. The Labute approximate surface area is 73.4 Å². The van der Waals surface area contributed by atoms with Crippen LogP contribution in [0.5, 0.6) is 0 Å². The van der Waals surface area contributed by atoms with E-state index >= 15 is 0 Å². The first kappa shape index (κ1) is 9.71. The summed E-state index contributed by atoms with van der Waals surface area (Å²) in [7, 11) is 0. The van der Waals surface area contributed by atoms with E-state index in [9.17, 15) is 0 Å². The van der Waals surface area contributed by atoms with Gasteiger partial charge in [-0.25, -0.2) is 0 Å². The summed E-state index contributed by atoms with van der Waals surface area (Å²) in [6.07, 6.45) is 5.09. The maximum Gasteiger partial charge on any atom is 0.162 e. The Hall–Kier alpha value is -0.380. The summed E-state index contributed by atoms with van der Waals surface area (Å²) in [4.78, 5) is 0. The largest absolute Gasteiger partial charge is 0.392 e. The molecule has 1 saturated heterocycles. The molecular formula is C9H16NO2. The molecule has 3 nitrogen and oxygen atoms in total. The molecule has 0 amide bonds. The highest BCUT2D eigenvalue weighted by Gasteiger charge is 2.14. The van der Waals surface area contributed by atoms with Crippen LogP contribution in [-0.4, -0.2) is 24.9 Å². The van der Waals surface area contributed by atoms with Gasteiger partial charge in [-0.1, -0.05) is 11.6 Å². The molecule has 0 spiro atoms. The molecule has 1 fully saturated rings. The zero-order valence-corrected chi connectivity index (χ0v) is 7.47. The van der Waals surface area contributed by atoms with E-state index in [1.165, 1.54) is 0 Å². The molecule has 0 aromatic carbocycles. The average Bonchev–Trinajstić information content (AvgIpc) is 2.57. The second-order valence-electron chi connectivity index (χ2n) is 2.96. The second kappa shape index (κ2) is 5.30.